The quantitative estimate of drug-likeness (QED) is 0.910. The highest BCUT2D eigenvalue weighted by Crippen LogP contribution is 2.25. The molecule has 0 fully saturated rings. The fourth-order valence-electron chi connectivity index (χ4n) is 2.21. The van der Waals surface area contributed by atoms with Gasteiger partial charge in [-0.1, -0.05) is 13.8 Å². The number of hydrogen-bond acceptors (Lipinski definition) is 3. The summed E-state index contributed by atoms with van der Waals surface area (Å²) in [6.07, 6.45) is 5.60. The second-order valence-corrected chi connectivity index (χ2v) is 4.82. The first-order valence-corrected chi connectivity index (χ1v) is 6.94. The summed E-state index contributed by atoms with van der Waals surface area (Å²) in [4.78, 5) is 11.8. The van der Waals surface area contributed by atoms with Crippen molar-refractivity contribution in [1.82, 2.24) is 14.8 Å². The summed E-state index contributed by atoms with van der Waals surface area (Å²) in [7, 11) is 0. The molecule has 1 aromatic carbocycles. The largest absolute Gasteiger partial charge is 0.326 e. The Balaban J connectivity index is 2.36. The summed E-state index contributed by atoms with van der Waals surface area (Å²) >= 11 is 0. The molecule has 5 nitrogen and oxygen atoms in total. The van der Waals surface area contributed by atoms with Crippen LogP contribution in [0.3, 0.4) is 0 Å². The first-order valence-electron chi connectivity index (χ1n) is 6.94. The molecule has 0 aliphatic carbocycles. The van der Waals surface area contributed by atoms with Crippen molar-refractivity contribution in [3.63, 3.8) is 0 Å². The standard InChI is InChI=1S/C15H20N4O/c1-4-6-14(20)18-15-11(3)7-13(8-12(15)5-2)19-9-16-17-10-19/h7-10H,4-6H2,1-3H3,(H,18,20). The molecule has 0 radical (unpaired) electrons. The summed E-state index contributed by atoms with van der Waals surface area (Å²) < 4.78 is 1.86. The smallest absolute Gasteiger partial charge is 0.224 e. The Morgan fingerprint density at radius 1 is 1.25 bits per heavy atom. The zero-order valence-electron chi connectivity index (χ0n) is 12.2. The average Bonchev–Trinajstić information content (AvgIpc) is 2.95. The van der Waals surface area contributed by atoms with Gasteiger partial charge in [0.2, 0.25) is 5.91 Å². The lowest BCUT2D eigenvalue weighted by molar-refractivity contribution is -0.116. The van der Waals surface area contributed by atoms with Gasteiger partial charge in [-0.05, 0) is 43.0 Å². The Morgan fingerprint density at radius 3 is 2.55 bits per heavy atom. The van der Waals surface area contributed by atoms with Crippen LogP contribution in [0.5, 0.6) is 0 Å². The maximum absolute atomic E-state index is 11.8. The number of hydrogen-bond donors (Lipinski definition) is 1. The highest BCUT2D eigenvalue weighted by Gasteiger charge is 2.11. The predicted molar refractivity (Wildman–Crippen MR) is 79.0 cm³/mol. The molecule has 0 aliphatic heterocycles. The predicted octanol–water partition coefficient (Wildman–Crippen LogP) is 2.88. The third-order valence-electron chi connectivity index (χ3n) is 3.24. The Morgan fingerprint density at radius 2 is 1.95 bits per heavy atom. The minimum absolute atomic E-state index is 0.0716. The molecule has 106 valence electrons. The summed E-state index contributed by atoms with van der Waals surface area (Å²) in [5.41, 5.74) is 4.12. The lowest BCUT2D eigenvalue weighted by Crippen LogP contribution is -2.13. The SMILES string of the molecule is CCCC(=O)Nc1c(C)cc(-n2cnnc2)cc1CC. The molecule has 0 saturated carbocycles. The van der Waals surface area contributed by atoms with Crippen LogP contribution in [-0.2, 0) is 11.2 Å². The van der Waals surface area contributed by atoms with E-state index in [1.165, 1.54) is 0 Å². The summed E-state index contributed by atoms with van der Waals surface area (Å²) in [5, 5.41) is 10.7. The minimum atomic E-state index is 0.0716. The fourth-order valence-corrected chi connectivity index (χ4v) is 2.21. The van der Waals surface area contributed by atoms with E-state index >= 15 is 0 Å². The van der Waals surface area contributed by atoms with Gasteiger partial charge in [0, 0.05) is 17.8 Å². The number of aromatic nitrogens is 3. The average molecular weight is 272 g/mol. The maximum Gasteiger partial charge on any atom is 0.224 e. The van der Waals surface area contributed by atoms with Crippen molar-refractivity contribution in [1.29, 1.82) is 0 Å². The molecule has 0 spiro atoms. The zero-order valence-corrected chi connectivity index (χ0v) is 12.2. The lowest BCUT2D eigenvalue weighted by Gasteiger charge is -2.15. The van der Waals surface area contributed by atoms with Crippen LogP contribution in [0.2, 0.25) is 0 Å². The van der Waals surface area contributed by atoms with E-state index in [0.717, 1.165) is 35.3 Å². The molecule has 0 atom stereocenters. The highest BCUT2D eigenvalue weighted by molar-refractivity contribution is 5.92. The number of carbonyl (C=O) groups excluding carboxylic acids is 1. The highest BCUT2D eigenvalue weighted by atomic mass is 16.1. The van der Waals surface area contributed by atoms with E-state index in [1.807, 2.05) is 24.5 Å². The number of carbonyl (C=O) groups is 1. The van der Waals surface area contributed by atoms with Gasteiger partial charge in [-0.25, -0.2) is 0 Å². The van der Waals surface area contributed by atoms with E-state index in [9.17, 15) is 4.79 Å². The van der Waals surface area contributed by atoms with Gasteiger partial charge < -0.3 is 5.32 Å². The molecular weight excluding hydrogens is 252 g/mol. The molecule has 0 saturated heterocycles. The molecule has 0 bridgehead atoms. The monoisotopic (exact) mass is 272 g/mol. The van der Waals surface area contributed by atoms with Crippen LogP contribution in [-0.4, -0.2) is 20.7 Å². The number of nitrogens with zero attached hydrogens (tertiary/aromatic N) is 3. The van der Waals surface area contributed by atoms with Crippen LogP contribution >= 0.6 is 0 Å². The molecule has 20 heavy (non-hydrogen) atoms. The van der Waals surface area contributed by atoms with Gasteiger partial charge in [0.25, 0.3) is 0 Å². The van der Waals surface area contributed by atoms with Crippen molar-refractivity contribution in [2.45, 2.75) is 40.0 Å². The van der Waals surface area contributed by atoms with Crippen molar-refractivity contribution in [3.8, 4) is 5.69 Å². The summed E-state index contributed by atoms with van der Waals surface area (Å²) in [5.74, 6) is 0.0716. The molecule has 1 amide bonds. The Kier molecular flexibility index (Phi) is 4.50. The van der Waals surface area contributed by atoms with E-state index in [2.05, 4.69) is 28.5 Å². The van der Waals surface area contributed by atoms with E-state index in [1.54, 1.807) is 12.7 Å². The van der Waals surface area contributed by atoms with Crippen LogP contribution in [0, 0.1) is 6.92 Å². The second kappa shape index (κ2) is 6.32. The Labute approximate surface area is 119 Å². The molecule has 2 rings (SSSR count). The molecule has 1 heterocycles. The minimum Gasteiger partial charge on any atom is -0.326 e. The molecule has 1 aromatic heterocycles. The first kappa shape index (κ1) is 14.2. The van der Waals surface area contributed by atoms with Crippen molar-refractivity contribution < 1.29 is 4.79 Å². The van der Waals surface area contributed by atoms with Crippen LogP contribution < -0.4 is 5.32 Å². The van der Waals surface area contributed by atoms with Crippen molar-refractivity contribution in [2.24, 2.45) is 0 Å². The number of anilines is 1. The number of aryl methyl sites for hydroxylation is 2. The zero-order chi connectivity index (χ0) is 14.5. The van der Waals surface area contributed by atoms with Crippen molar-refractivity contribution >= 4 is 11.6 Å². The van der Waals surface area contributed by atoms with E-state index < -0.39 is 0 Å². The van der Waals surface area contributed by atoms with Crippen LogP contribution in [0.1, 0.15) is 37.8 Å². The van der Waals surface area contributed by atoms with E-state index in [-0.39, 0.29) is 5.91 Å². The van der Waals surface area contributed by atoms with Gasteiger partial charge >= 0.3 is 0 Å². The number of rotatable bonds is 5. The molecule has 0 aliphatic rings. The third kappa shape index (κ3) is 3.04. The normalized spacial score (nSPS) is 10.6. The number of amides is 1. The molecule has 2 aromatic rings. The van der Waals surface area contributed by atoms with E-state index in [0.29, 0.717) is 6.42 Å². The molecular formula is C15H20N4O. The Bertz CT molecular complexity index is 590. The van der Waals surface area contributed by atoms with Gasteiger partial charge in [0.15, 0.2) is 0 Å². The van der Waals surface area contributed by atoms with Gasteiger partial charge in [-0.15, -0.1) is 10.2 Å². The van der Waals surface area contributed by atoms with Crippen LogP contribution in [0.15, 0.2) is 24.8 Å². The van der Waals surface area contributed by atoms with Crippen molar-refractivity contribution in [3.05, 3.63) is 35.9 Å². The molecule has 1 N–H and O–H groups in total. The Hall–Kier alpha value is -2.17. The number of nitrogens with one attached hydrogen (secondary N) is 1. The van der Waals surface area contributed by atoms with Gasteiger partial charge in [-0.2, -0.15) is 0 Å². The topological polar surface area (TPSA) is 59.8 Å². The van der Waals surface area contributed by atoms with Gasteiger partial charge in [0.05, 0.1) is 0 Å². The van der Waals surface area contributed by atoms with E-state index in [4.69, 9.17) is 0 Å². The summed E-state index contributed by atoms with van der Waals surface area (Å²) in [6.45, 7) is 6.09. The third-order valence-corrected chi connectivity index (χ3v) is 3.24. The lowest BCUT2D eigenvalue weighted by atomic mass is 10.0. The van der Waals surface area contributed by atoms with Gasteiger partial charge in [-0.3, -0.25) is 9.36 Å². The first-order chi connectivity index (χ1) is 9.65. The fraction of sp³-hybridized carbons (Fsp3) is 0.400. The van der Waals surface area contributed by atoms with Gasteiger partial charge in [0.1, 0.15) is 12.7 Å². The maximum atomic E-state index is 11.8. The van der Waals surface area contributed by atoms with Crippen LogP contribution in [0.25, 0.3) is 5.69 Å². The number of benzene rings is 1. The van der Waals surface area contributed by atoms with Crippen LogP contribution in [0.4, 0.5) is 5.69 Å². The summed E-state index contributed by atoms with van der Waals surface area (Å²) in [6, 6.07) is 4.10. The van der Waals surface area contributed by atoms with Crippen molar-refractivity contribution in [2.75, 3.05) is 5.32 Å². The second-order valence-electron chi connectivity index (χ2n) is 4.82. The molecule has 0 unspecified atom stereocenters. The molecule has 5 heteroatoms.